The monoisotopic (exact) mass is 514 g/mol. The van der Waals surface area contributed by atoms with Crippen LogP contribution in [-0.2, 0) is 16.2 Å². The molecule has 0 radical (unpaired) electrons. The van der Waals surface area contributed by atoms with Gasteiger partial charge in [0.2, 0.25) is 0 Å². The van der Waals surface area contributed by atoms with Crippen LogP contribution >= 0.6 is 0 Å². The molecule has 0 aromatic heterocycles. The van der Waals surface area contributed by atoms with Crippen LogP contribution in [0.4, 0.5) is 0 Å². The van der Waals surface area contributed by atoms with E-state index in [1.54, 1.807) is 24.3 Å². The van der Waals surface area contributed by atoms with Crippen molar-refractivity contribution in [2.24, 2.45) is 0 Å². The average molecular weight is 515 g/mol. The molecule has 1 N–H and O–H groups in total. The molecular weight excluding hydrogens is 480 g/mol. The van der Waals surface area contributed by atoms with E-state index in [2.05, 4.69) is 0 Å². The standard InChI is InChI=1S/C31H34N2O5/c1-4-20-37-25-14-10-23(11-15-25)28-27(30(35)31(36)33(28)19-18-32(2)3)29(34)24-12-16-26(17-13-24)38-21-22-8-6-5-7-9-22/h5-17,28,34H,4,18-21H2,1-3H3. The van der Waals surface area contributed by atoms with Crippen LogP contribution in [0.1, 0.15) is 36.1 Å². The molecule has 1 amide bonds. The topological polar surface area (TPSA) is 79.3 Å². The number of hydrogen-bond acceptors (Lipinski definition) is 6. The summed E-state index contributed by atoms with van der Waals surface area (Å²) < 4.78 is 11.5. The lowest BCUT2D eigenvalue weighted by molar-refractivity contribution is -0.140. The number of aliphatic hydroxyl groups excluding tert-OH is 1. The molecule has 1 saturated heterocycles. The number of hydrogen-bond donors (Lipinski definition) is 1. The third kappa shape index (κ3) is 6.23. The van der Waals surface area contributed by atoms with Gasteiger partial charge in [-0.3, -0.25) is 9.59 Å². The number of likely N-dealkylation sites (N-methyl/N-ethyl adjacent to an activating group) is 1. The number of aliphatic hydroxyl groups is 1. The predicted molar refractivity (Wildman–Crippen MR) is 147 cm³/mol. The first-order valence-electron chi connectivity index (χ1n) is 12.8. The highest BCUT2D eigenvalue weighted by Crippen LogP contribution is 2.40. The van der Waals surface area contributed by atoms with Gasteiger partial charge in [0.1, 0.15) is 23.9 Å². The van der Waals surface area contributed by atoms with E-state index in [1.165, 1.54) is 4.90 Å². The van der Waals surface area contributed by atoms with Crippen molar-refractivity contribution >= 4 is 17.4 Å². The lowest BCUT2D eigenvalue weighted by atomic mass is 9.95. The molecule has 3 aromatic carbocycles. The molecule has 0 spiro atoms. The molecule has 1 heterocycles. The summed E-state index contributed by atoms with van der Waals surface area (Å²) in [7, 11) is 3.82. The van der Waals surface area contributed by atoms with Crippen molar-refractivity contribution < 1.29 is 24.2 Å². The SMILES string of the molecule is CCCOc1ccc(C2C(=C(O)c3ccc(OCc4ccccc4)cc3)C(=O)C(=O)N2CCN(C)C)cc1. The van der Waals surface area contributed by atoms with Crippen LogP contribution in [0.3, 0.4) is 0 Å². The van der Waals surface area contributed by atoms with Gasteiger partial charge in [-0.15, -0.1) is 0 Å². The molecule has 7 heteroatoms. The molecule has 1 aliphatic rings. The molecular formula is C31H34N2O5. The lowest BCUT2D eigenvalue weighted by Gasteiger charge is -2.26. The van der Waals surface area contributed by atoms with Gasteiger partial charge in [-0.05, 0) is 68.0 Å². The zero-order valence-electron chi connectivity index (χ0n) is 22.1. The molecule has 4 rings (SSSR count). The van der Waals surface area contributed by atoms with E-state index in [0.717, 1.165) is 17.5 Å². The van der Waals surface area contributed by atoms with Crippen molar-refractivity contribution in [1.29, 1.82) is 0 Å². The Morgan fingerprint density at radius 3 is 2.16 bits per heavy atom. The van der Waals surface area contributed by atoms with Gasteiger partial charge in [0.15, 0.2) is 0 Å². The Morgan fingerprint density at radius 2 is 1.53 bits per heavy atom. The maximum atomic E-state index is 13.2. The Balaban J connectivity index is 1.64. The molecule has 1 unspecified atom stereocenters. The molecule has 0 bridgehead atoms. The Morgan fingerprint density at radius 1 is 0.895 bits per heavy atom. The van der Waals surface area contributed by atoms with Crippen LogP contribution in [0.15, 0.2) is 84.4 Å². The van der Waals surface area contributed by atoms with E-state index < -0.39 is 17.7 Å². The van der Waals surface area contributed by atoms with Crippen molar-refractivity contribution in [1.82, 2.24) is 9.80 Å². The fraction of sp³-hybridized carbons (Fsp3) is 0.290. The molecule has 1 fully saturated rings. The molecule has 7 nitrogen and oxygen atoms in total. The number of Topliss-reactive ketones (excluding diaryl/α,β-unsaturated/α-hetero) is 1. The number of carbonyl (C=O) groups is 2. The number of rotatable bonds is 11. The first-order chi connectivity index (χ1) is 18.4. The maximum Gasteiger partial charge on any atom is 0.295 e. The van der Waals surface area contributed by atoms with Gasteiger partial charge in [-0.2, -0.15) is 0 Å². The van der Waals surface area contributed by atoms with Crippen LogP contribution in [0, 0.1) is 0 Å². The number of ketones is 1. The summed E-state index contributed by atoms with van der Waals surface area (Å²) in [6, 6.07) is 23.4. The summed E-state index contributed by atoms with van der Waals surface area (Å²) in [6.07, 6.45) is 0.891. The summed E-state index contributed by atoms with van der Waals surface area (Å²) in [5.41, 5.74) is 2.30. The minimum atomic E-state index is -0.704. The third-order valence-corrected chi connectivity index (χ3v) is 6.37. The molecule has 3 aromatic rings. The van der Waals surface area contributed by atoms with Crippen molar-refractivity contribution in [3.8, 4) is 11.5 Å². The number of benzene rings is 3. The molecule has 0 aliphatic carbocycles. The van der Waals surface area contributed by atoms with E-state index in [-0.39, 0.29) is 11.3 Å². The Bertz CT molecular complexity index is 1270. The van der Waals surface area contributed by atoms with Crippen LogP contribution < -0.4 is 9.47 Å². The first kappa shape index (κ1) is 26.9. The highest BCUT2D eigenvalue weighted by atomic mass is 16.5. The molecule has 0 saturated carbocycles. The van der Waals surface area contributed by atoms with Crippen molar-refractivity contribution in [3.05, 3.63) is 101 Å². The van der Waals surface area contributed by atoms with Crippen molar-refractivity contribution in [2.45, 2.75) is 26.0 Å². The summed E-state index contributed by atoms with van der Waals surface area (Å²) in [5.74, 6) is -0.167. The third-order valence-electron chi connectivity index (χ3n) is 6.37. The van der Waals surface area contributed by atoms with Crippen molar-refractivity contribution in [2.75, 3.05) is 33.8 Å². The summed E-state index contributed by atoms with van der Waals surface area (Å²) >= 11 is 0. The zero-order valence-corrected chi connectivity index (χ0v) is 22.1. The number of nitrogens with zero attached hydrogens (tertiary/aromatic N) is 2. The van der Waals surface area contributed by atoms with E-state index in [0.29, 0.717) is 43.4 Å². The number of carbonyl (C=O) groups excluding carboxylic acids is 2. The minimum Gasteiger partial charge on any atom is -0.507 e. The van der Waals surface area contributed by atoms with Gasteiger partial charge in [0, 0.05) is 18.7 Å². The van der Waals surface area contributed by atoms with Gasteiger partial charge in [0.25, 0.3) is 11.7 Å². The second-order valence-corrected chi connectivity index (χ2v) is 9.51. The summed E-state index contributed by atoms with van der Waals surface area (Å²) in [6.45, 7) is 3.98. The van der Waals surface area contributed by atoms with Gasteiger partial charge in [-0.25, -0.2) is 0 Å². The van der Waals surface area contributed by atoms with Crippen LogP contribution in [0.5, 0.6) is 11.5 Å². The smallest absolute Gasteiger partial charge is 0.295 e. The number of likely N-dealkylation sites (tertiary alicyclic amines) is 1. The zero-order chi connectivity index (χ0) is 27.1. The van der Waals surface area contributed by atoms with Crippen LogP contribution in [0.25, 0.3) is 5.76 Å². The quantitative estimate of drug-likeness (QED) is 0.220. The highest BCUT2D eigenvalue weighted by Gasteiger charge is 2.45. The van der Waals surface area contributed by atoms with E-state index >= 15 is 0 Å². The molecule has 1 aliphatic heterocycles. The Labute approximate surface area is 223 Å². The second-order valence-electron chi connectivity index (χ2n) is 9.51. The molecule has 198 valence electrons. The number of amides is 1. The summed E-state index contributed by atoms with van der Waals surface area (Å²) in [5, 5.41) is 11.3. The minimum absolute atomic E-state index is 0.0777. The fourth-order valence-electron chi connectivity index (χ4n) is 4.34. The van der Waals surface area contributed by atoms with Crippen LogP contribution in [-0.4, -0.2) is 60.4 Å². The van der Waals surface area contributed by atoms with Crippen molar-refractivity contribution in [3.63, 3.8) is 0 Å². The molecule has 38 heavy (non-hydrogen) atoms. The van der Waals surface area contributed by atoms with Gasteiger partial charge >= 0.3 is 0 Å². The predicted octanol–water partition coefficient (Wildman–Crippen LogP) is 5.04. The van der Waals surface area contributed by atoms with E-state index in [1.807, 2.05) is 80.5 Å². The van der Waals surface area contributed by atoms with Gasteiger partial charge in [0.05, 0.1) is 18.2 Å². The number of ether oxygens (including phenoxy) is 2. The molecule has 1 atom stereocenters. The highest BCUT2D eigenvalue weighted by molar-refractivity contribution is 6.46. The normalized spacial score (nSPS) is 16.7. The Hall–Kier alpha value is -4.10. The van der Waals surface area contributed by atoms with Gasteiger partial charge < -0.3 is 24.4 Å². The lowest BCUT2D eigenvalue weighted by Crippen LogP contribution is -2.35. The fourth-order valence-corrected chi connectivity index (χ4v) is 4.34. The van der Waals surface area contributed by atoms with E-state index in [9.17, 15) is 14.7 Å². The van der Waals surface area contributed by atoms with Gasteiger partial charge in [-0.1, -0.05) is 49.4 Å². The second kappa shape index (κ2) is 12.4. The maximum absolute atomic E-state index is 13.2. The van der Waals surface area contributed by atoms with E-state index in [4.69, 9.17) is 9.47 Å². The Kier molecular flexibility index (Phi) is 8.81. The largest absolute Gasteiger partial charge is 0.507 e. The average Bonchev–Trinajstić information content (AvgIpc) is 3.19. The first-order valence-corrected chi connectivity index (χ1v) is 12.8. The van der Waals surface area contributed by atoms with Crippen LogP contribution in [0.2, 0.25) is 0 Å². The summed E-state index contributed by atoms with van der Waals surface area (Å²) in [4.78, 5) is 29.8.